The highest BCUT2D eigenvalue weighted by molar-refractivity contribution is 5.67. The first kappa shape index (κ1) is 25.6. The molecule has 0 bridgehead atoms. The molecule has 0 saturated carbocycles. The molecule has 5 heterocycles. The molecule has 0 spiro atoms. The highest BCUT2D eigenvalue weighted by atomic mass is 19.4. The monoisotopic (exact) mass is 530 g/mol. The van der Waals surface area contributed by atoms with E-state index in [0.717, 1.165) is 17.3 Å². The maximum absolute atomic E-state index is 13.5. The van der Waals surface area contributed by atoms with E-state index < -0.39 is 18.0 Å². The summed E-state index contributed by atoms with van der Waals surface area (Å²) in [6, 6.07) is 6.60. The second kappa shape index (κ2) is 10.8. The Morgan fingerprint density at radius 2 is 1.95 bits per heavy atom. The lowest BCUT2D eigenvalue weighted by molar-refractivity contribution is -0.137. The molecule has 0 aromatic carbocycles. The first-order chi connectivity index (χ1) is 18.3. The van der Waals surface area contributed by atoms with E-state index in [1.165, 1.54) is 17.9 Å². The Kier molecular flexibility index (Phi) is 7.26. The summed E-state index contributed by atoms with van der Waals surface area (Å²) in [5.41, 5.74) is 1.22. The second-order valence-electron chi connectivity index (χ2n) is 8.36. The summed E-state index contributed by atoms with van der Waals surface area (Å²) in [6.45, 7) is 1.32. The van der Waals surface area contributed by atoms with Crippen LogP contribution in [0, 0.1) is 0 Å². The molecule has 0 atom stereocenters. The molecule has 1 aliphatic rings. The quantitative estimate of drug-likeness (QED) is 0.311. The van der Waals surface area contributed by atoms with Crippen molar-refractivity contribution in [1.82, 2.24) is 29.5 Å². The number of alkyl halides is 3. The third kappa shape index (κ3) is 5.46. The summed E-state index contributed by atoms with van der Waals surface area (Å²) in [4.78, 5) is 8.74. The largest absolute Gasteiger partial charge is 0.419 e. The molecule has 0 amide bonds. The molecule has 11 nitrogen and oxygen atoms in total. The number of nitrogens with zero attached hydrogens (tertiary/aromatic N) is 6. The summed E-state index contributed by atoms with van der Waals surface area (Å²) in [5.74, 6) is 1.08. The van der Waals surface area contributed by atoms with Crippen molar-refractivity contribution in [1.29, 1.82) is 0 Å². The molecule has 1 aliphatic heterocycles. The van der Waals surface area contributed by atoms with Gasteiger partial charge in [-0.05, 0) is 12.1 Å². The Hall–Kier alpha value is -4.01. The van der Waals surface area contributed by atoms with E-state index >= 15 is 0 Å². The summed E-state index contributed by atoms with van der Waals surface area (Å²) in [6.07, 6.45) is 0.697. The van der Waals surface area contributed by atoms with E-state index in [-0.39, 0.29) is 24.7 Å². The van der Waals surface area contributed by atoms with Gasteiger partial charge in [-0.3, -0.25) is 4.68 Å². The summed E-state index contributed by atoms with van der Waals surface area (Å²) >= 11 is 0. The first-order valence-electron chi connectivity index (χ1n) is 11.7. The fourth-order valence-corrected chi connectivity index (χ4v) is 3.98. The third-order valence-corrected chi connectivity index (χ3v) is 5.72. The number of ether oxygens (including phenoxy) is 3. The minimum Gasteiger partial charge on any atom is -0.383 e. The molecule has 2 N–H and O–H groups in total. The van der Waals surface area contributed by atoms with Gasteiger partial charge < -0.3 is 24.8 Å². The molecule has 0 aliphatic carbocycles. The van der Waals surface area contributed by atoms with E-state index in [9.17, 15) is 13.2 Å². The van der Waals surface area contributed by atoms with Gasteiger partial charge in [0.1, 0.15) is 17.3 Å². The number of methoxy groups -OCH3 is 1. The highest BCUT2D eigenvalue weighted by Gasteiger charge is 2.34. The van der Waals surface area contributed by atoms with Crippen LogP contribution in [0.3, 0.4) is 0 Å². The number of hydrogen-bond acceptors (Lipinski definition) is 9. The zero-order chi connectivity index (χ0) is 26.7. The van der Waals surface area contributed by atoms with Gasteiger partial charge in [0.2, 0.25) is 6.29 Å². The Labute approximate surface area is 215 Å². The van der Waals surface area contributed by atoms with Crippen LogP contribution in [0.5, 0.6) is 0 Å². The maximum Gasteiger partial charge on any atom is 0.419 e. The summed E-state index contributed by atoms with van der Waals surface area (Å²) in [7, 11) is 3.30. The van der Waals surface area contributed by atoms with Gasteiger partial charge in [-0.25, -0.2) is 9.97 Å². The Morgan fingerprint density at radius 3 is 2.66 bits per heavy atom. The van der Waals surface area contributed by atoms with Crippen molar-refractivity contribution in [2.45, 2.75) is 12.5 Å². The predicted octanol–water partition coefficient (Wildman–Crippen LogP) is 3.93. The molecule has 14 heteroatoms. The van der Waals surface area contributed by atoms with Gasteiger partial charge in [0.05, 0.1) is 43.5 Å². The average molecular weight is 531 g/mol. The predicted molar refractivity (Wildman–Crippen MR) is 131 cm³/mol. The molecule has 0 radical (unpaired) electrons. The number of nitrogens with one attached hydrogen (secondary N) is 2. The van der Waals surface area contributed by atoms with E-state index in [4.69, 9.17) is 19.2 Å². The maximum atomic E-state index is 13.5. The minimum absolute atomic E-state index is 0.116. The Balaban J connectivity index is 1.47. The fraction of sp³-hybridized carbons (Fsp3) is 0.333. The van der Waals surface area contributed by atoms with Crippen LogP contribution in [0.15, 0.2) is 49.1 Å². The number of aromatic nitrogens is 6. The molecule has 5 rings (SSSR count). The second-order valence-corrected chi connectivity index (χ2v) is 8.36. The van der Waals surface area contributed by atoms with Crippen LogP contribution >= 0.6 is 0 Å². The SMILES string of the molecule is COCCNc1cc(Nc2ccnn2-c2ccc(-c3cnn(C)c3)c(C3OCCO3)n2)ncc1C(F)(F)F. The van der Waals surface area contributed by atoms with Gasteiger partial charge in [-0.2, -0.15) is 28.1 Å². The summed E-state index contributed by atoms with van der Waals surface area (Å²) in [5, 5.41) is 14.4. The number of halogens is 3. The van der Waals surface area contributed by atoms with E-state index in [1.54, 1.807) is 29.2 Å². The van der Waals surface area contributed by atoms with Crippen LogP contribution in [0.1, 0.15) is 17.5 Å². The van der Waals surface area contributed by atoms with Gasteiger partial charge in [0.15, 0.2) is 5.82 Å². The zero-order valence-electron chi connectivity index (χ0n) is 20.6. The number of anilines is 3. The number of hydrogen-bond donors (Lipinski definition) is 2. The number of pyridine rings is 2. The lowest BCUT2D eigenvalue weighted by Crippen LogP contribution is -2.15. The van der Waals surface area contributed by atoms with Gasteiger partial charge in [0.25, 0.3) is 0 Å². The molecule has 1 saturated heterocycles. The fourth-order valence-electron chi connectivity index (χ4n) is 3.98. The molecule has 38 heavy (non-hydrogen) atoms. The lowest BCUT2D eigenvalue weighted by Gasteiger charge is -2.17. The molecule has 4 aromatic rings. The normalized spacial score (nSPS) is 14.2. The van der Waals surface area contributed by atoms with E-state index in [0.29, 0.717) is 30.5 Å². The Bertz CT molecular complexity index is 1400. The smallest absolute Gasteiger partial charge is 0.383 e. The van der Waals surface area contributed by atoms with Crippen molar-refractivity contribution in [3.8, 4) is 16.9 Å². The van der Waals surface area contributed by atoms with Crippen molar-refractivity contribution in [2.24, 2.45) is 7.05 Å². The minimum atomic E-state index is -4.57. The molecule has 0 unspecified atom stereocenters. The van der Waals surface area contributed by atoms with E-state index in [1.807, 2.05) is 19.3 Å². The molecule has 1 fully saturated rings. The average Bonchev–Trinajstić information content (AvgIpc) is 3.66. The topological polar surface area (TPSA) is 113 Å². The van der Waals surface area contributed by atoms with Crippen molar-refractivity contribution in [3.05, 3.63) is 60.3 Å². The van der Waals surface area contributed by atoms with E-state index in [2.05, 4.69) is 25.8 Å². The summed E-state index contributed by atoms with van der Waals surface area (Å²) < 4.78 is 60.1. The van der Waals surface area contributed by atoms with Crippen LogP contribution in [0.4, 0.5) is 30.5 Å². The zero-order valence-corrected chi connectivity index (χ0v) is 20.6. The molecular weight excluding hydrogens is 505 g/mol. The Morgan fingerprint density at radius 1 is 1.13 bits per heavy atom. The first-order valence-corrected chi connectivity index (χ1v) is 11.7. The number of rotatable bonds is 9. The molecular formula is C24H25F3N8O3. The lowest BCUT2D eigenvalue weighted by atomic mass is 10.1. The van der Waals surface area contributed by atoms with Crippen LogP contribution in [0.2, 0.25) is 0 Å². The van der Waals surface area contributed by atoms with Gasteiger partial charge in [-0.15, -0.1) is 0 Å². The molecule has 200 valence electrons. The van der Waals surface area contributed by atoms with Crippen molar-refractivity contribution in [2.75, 3.05) is 44.1 Å². The standard InChI is InChI=1S/C24H25F3N8O3/c1-34-14-15(12-31-34)16-3-4-20(33-22(16)23-37-9-10-38-23)35-21(5-6-30-35)32-19-11-18(28-7-8-36-2)17(13-29-19)24(25,26)27/h3-6,11-14,23H,7-10H2,1-2H3,(H2,28,29,32). The van der Waals surface area contributed by atoms with Crippen molar-refractivity contribution in [3.63, 3.8) is 0 Å². The van der Waals surface area contributed by atoms with Gasteiger partial charge in [0, 0.05) is 56.4 Å². The van der Waals surface area contributed by atoms with Crippen LogP contribution in [0.25, 0.3) is 16.9 Å². The van der Waals surface area contributed by atoms with Gasteiger partial charge in [-0.1, -0.05) is 0 Å². The van der Waals surface area contributed by atoms with Crippen LogP contribution in [-0.2, 0) is 27.4 Å². The number of aryl methyl sites for hydroxylation is 1. The highest BCUT2D eigenvalue weighted by Crippen LogP contribution is 2.36. The molecule has 4 aromatic heterocycles. The van der Waals surface area contributed by atoms with Crippen LogP contribution < -0.4 is 10.6 Å². The van der Waals surface area contributed by atoms with Crippen LogP contribution in [-0.4, -0.2) is 63.0 Å². The van der Waals surface area contributed by atoms with Crippen molar-refractivity contribution < 1.29 is 27.4 Å². The van der Waals surface area contributed by atoms with Crippen molar-refractivity contribution >= 4 is 17.3 Å². The van der Waals surface area contributed by atoms with Gasteiger partial charge >= 0.3 is 6.18 Å². The third-order valence-electron chi connectivity index (χ3n) is 5.72.